The average Bonchev–Trinajstić information content (AvgIpc) is 2.47. The number of ether oxygens (including phenoxy) is 2. The predicted molar refractivity (Wildman–Crippen MR) is 68.7 cm³/mol. The Bertz CT molecular complexity index is 551. The topological polar surface area (TPSA) is 75.0 Å². The molecule has 9 heteroatoms. The molecule has 2 rings (SSSR count). The van der Waals surface area contributed by atoms with Gasteiger partial charge in [0.15, 0.2) is 0 Å². The lowest BCUT2D eigenvalue weighted by molar-refractivity contribution is -0.275. The summed E-state index contributed by atoms with van der Waals surface area (Å²) in [6.07, 6.45) is -5.08. The number of para-hydroxylation sites is 1. The van der Waals surface area contributed by atoms with Crippen molar-refractivity contribution >= 4 is 6.03 Å². The molecule has 1 aromatic rings. The number of nitrogens with zero attached hydrogens (tertiary/aromatic N) is 2. The number of alkyl halides is 3. The molecule has 1 N–H and O–H groups in total. The van der Waals surface area contributed by atoms with Crippen LogP contribution in [0.15, 0.2) is 29.4 Å². The molecule has 1 atom stereocenters. The lowest BCUT2D eigenvalue weighted by atomic mass is 10.1. The molecule has 1 aliphatic heterocycles. The molecule has 0 bridgehead atoms. The summed E-state index contributed by atoms with van der Waals surface area (Å²) in [7, 11) is 0. The first-order chi connectivity index (χ1) is 10.4. The van der Waals surface area contributed by atoms with Crippen molar-refractivity contribution in [1.29, 1.82) is 5.53 Å². The number of hydrogen-bond acceptors (Lipinski definition) is 4. The lowest BCUT2D eigenvalue weighted by Gasteiger charge is -2.31. The normalized spacial score (nSPS) is 18.9. The minimum atomic E-state index is -4.77. The van der Waals surface area contributed by atoms with Crippen molar-refractivity contribution in [2.75, 3.05) is 19.7 Å². The number of benzene rings is 1. The standard InChI is InChI=1S/C13H14F3N3O3/c14-13(15,16)22-11-4-2-1-3-9(11)7-10-8-19(5-6-21-10)12(20)18-17/h1-4,10,17H,5-8H2. The van der Waals surface area contributed by atoms with Crippen LogP contribution in [0.25, 0.3) is 0 Å². The molecule has 0 aromatic heterocycles. The summed E-state index contributed by atoms with van der Waals surface area (Å²) in [6, 6.07) is 5.10. The number of halogens is 3. The van der Waals surface area contributed by atoms with Gasteiger partial charge in [0.05, 0.1) is 12.7 Å². The number of rotatable bonds is 3. The molecule has 1 fully saturated rings. The zero-order valence-corrected chi connectivity index (χ0v) is 11.5. The maximum Gasteiger partial charge on any atom is 0.573 e. The van der Waals surface area contributed by atoms with Gasteiger partial charge in [-0.3, -0.25) is 0 Å². The Kier molecular flexibility index (Phi) is 4.96. The van der Waals surface area contributed by atoms with Gasteiger partial charge in [-0.05, 0) is 11.6 Å². The first kappa shape index (κ1) is 16.2. The lowest BCUT2D eigenvalue weighted by Crippen LogP contribution is -2.45. The van der Waals surface area contributed by atoms with Gasteiger partial charge in [-0.15, -0.1) is 13.2 Å². The van der Waals surface area contributed by atoms with Crippen LogP contribution in [-0.4, -0.2) is 43.1 Å². The highest BCUT2D eigenvalue weighted by atomic mass is 19.4. The predicted octanol–water partition coefficient (Wildman–Crippen LogP) is 2.98. The van der Waals surface area contributed by atoms with E-state index in [2.05, 4.69) is 9.85 Å². The van der Waals surface area contributed by atoms with Crippen molar-refractivity contribution in [2.24, 2.45) is 5.11 Å². The van der Waals surface area contributed by atoms with Crippen molar-refractivity contribution in [3.8, 4) is 5.75 Å². The number of hydrogen-bond donors (Lipinski definition) is 1. The summed E-state index contributed by atoms with van der Waals surface area (Å²) in [6.45, 7) is 0.716. The Balaban J connectivity index is 2.07. The van der Waals surface area contributed by atoms with Crippen LogP contribution in [0.2, 0.25) is 0 Å². The minimum absolute atomic E-state index is 0.161. The third kappa shape index (κ3) is 4.42. The van der Waals surface area contributed by atoms with E-state index in [9.17, 15) is 18.0 Å². The number of carbonyl (C=O) groups is 1. The summed E-state index contributed by atoms with van der Waals surface area (Å²) in [5.41, 5.74) is 7.05. The zero-order valence-electron chi connectivity index (χ0n) is 11.5. The van der Waals surface area contributed by atoms with E-state index >= 15 is 0 Å². The minimum Gasteiger partial charge on any atom is -0.406 e. The average molecular weight is 317 g/mol. The number of carbonyl (C=O) groups excluding carboxylic acids is 1. The van der Waals surface area contributed by atoms with E-state index in [1.54, 1.807) is 6.07 Å². The molecule has 1 aromatic carbocycles. The van der Waals surface area contributed by atoms with Crippen molar-refractivity contribution in [3.05, 3.63) is 29.8 Å². The third-order valence-corrected chi connectivity index (χ3v) is 3.15. The number of morpholine rings is 1. The van der Waals surface area contributed by atoms with Gasteiger partial charge < -0.3 is 14.4 Å². The van der Waals surface area contributed by atoms with Crippen molar-refractivity contribution < 1.29 is 27.4 Å². The highest BCUT2D eigenvalue weighted by Gasteiger charge is 2.32. The number of urea groups is 1. The quantitative estimate of drug-likeness (QED) is 0.871. The Hall–Kier alpha value is -2.16. The molecule has 0 aliphatic carbocycles. The summed E-state index contributed by atoms with van der Waals surface area (Å²) in [4.78, 5) is 12.7. The fraction of sp³-hybridized carbons (Fsp3) is 0.462. The molecule has 1 heterocycles. The van der Waals surface area contributed by atoms with Gasteiger partial charge in [-0.25, -0.2) is 4.79 Å². The van der Waals surface area contributed by atoms with Crippen LogP contribution in [-0.2, 0) is 11.2 Å². The van der Waals surface area contributed by atoms with Gasteiger partial charge in [0.25, 0.3) is 0 Å². The van der Waals surface area contributed by atoms with E-state index in [1.807, 2.05) is 0 Å². The Morgan fingerprint density at radius 3 is 2.86 bits per heavy atom. The molecule has 1 saturated heterocycles. The van der Waals surface area contributed by atoms with Crippen molar-refractivity contribution in [1.82, 2.24) is 4.90 Å². The second-order valence-corrected chi connectivity index (χ2v) is 4.69. The molecule has 120 valence electrons. The fourth-order valence-corrected chi connectivity index (χ4v) is 2.23. The highest BCUT2D eigenvalue weighted by molar-refractivity contribution is 5.74. The third-order valence-electron chi connectivity index (χ3n) is 3.15. The number of nitrogens with one attached hydrogen (secondary N) is 1. The van der Waals surface area contributed by atoms with Gasteiger partial charge in [0.1, 0.15) is 5.75 Å². The van der Waals surface area contributed by atoms with Crippen molar-refractivity contribution in [3.63, 3.8) is 0 Å². The first-order valence-electron chi connectivity index (χ1n) is 6.50. The molecule has 6 nitrogen and oxygen atoms in total. The van der Waals surface area contributed by atoms with Crippen LogP contribution in [0.5, 0.6) is 5.75 Å². The molecular weight excluding hydrogens is 303 g/mol. The van der Waals surface area contributed by atoms with E-state index in [-0.39, 0.29) is 25.3 Å². The van der Waals surface area contributed by atoms with Gasteiger partial charge in [0.2, 0.25) is 0 Å². The van der Waals surface area contributed by atoms with E-state index in [0.717, 1.165) is 0 Å². The van der Waals surface area contributed by atoms with Crippen LogP contribution in [0.3, 0.4) is 0 Å². The van der Waals surface area contributed by atoms with Crippen LogP contribution in [0.1, 0.15) is 5.56 Å². The molecule has 0 spiro atoms. The molecule has 1 aliphatic rings. The van der Waals surface area contributed by atoms with Crippen LogP contribution in [0.4, 0.5) is 18.0 Å². The molecule has 1 unspecified atom stereocenters. The summed E-state index contributed by atoms with van der Waals surface area (Å²) in [5, 5.41) is 2.83. The molecule has 0 saturated carbocycles. The van der Waals surface area contributed by atoms with Gasteiger partial charge in [0, 0.05) is 19.5 Å². The fourth-order valence-electron chi connectivity index (χ4n) is 2.23. The molecule has 0 radical (unpaired) electrons. The largest absolute Gasteiger partial charge is 0.573 e. The van der Waals surface area contributed by atoms with E-state index in [0.29, 0.717) is 12.1 Å². The van der Waals surface area contributed by atoms with E-state index < -0.39 is 18.5 Å². The highest BCUT2D eigenvalue weighted by Crippen LogP contribution is 2.27. The Morgan fingerprint density at radius 1 is 1.45 bits per heavy atom. The molecule has 2 amide bonds. The summed E-state index contributed by atoms with van der Waals surface area (Å²) < 4.78 is 46.6. The van der Waals surface area contributed by atoms with Crippen LogP contribution in [0, 0.1) is 5.53 Å². The van der Waals surface area contributed by atoms with Crippen molar-refractivity contribution in [2.45, 2.75) is 18.9 Å². The Labute approximate surface area is 124 Å². The SMILES string of the molecule is N=NC(=O)N1CCOC(Cc2ccccc2OC(F)(F)F)C1. The first-order valence-corrected chi connectivity index (χ1v) is 6.50. The zero-order chi connectivity index (χ0) is 16.2. The molecular formula is C13H14F3N3O3. The second-order valence-electron chi connectivity index (χ2n) is 4.69. The second kappa shape index (κ2) is 6.73. The maximum atomic E-state index is 12.4. The van der Waals surface area contributed by atoms with Gasteiger partial charge in [-0.1, -0.05) is 23.3 Å². The van der Waals surface area contributed by atoms with Crippen LogP contribution >= 0.6 is 0 Å². The van der Waals surface area contributed by atoms with Gasteiger partial charge >= 0.3 is 12.4 Å². The summed E-state index contributed by atoms with van der Waals surface area (Å²) in [5.74, 6) is -0.285. The van der Waals surface area contributed by atoms with Gasteiger partial charge in [-0.2, -0.15) is 5.53 Å². The van der Waals surface area contributed by atoms with Crippen LogP contribution < -0.4 is 4.74 Å². The molecule has 22 heavy (non-hydrogen) atoms. The monoisotopic (exact) mass is 317 g/mol. The Morgan fingerprint density at radius 2 is 2.18 bits per heavy atom. The van der Waals surface area contributed by atoms with E-state index in [1.165, 1.54) is 23.1 Å². The summed E-state index contributed by atoms with van der Waals surface area (Å²) >= 11 is 0. The smallest absolute Gasteiger partial charge is 0.406 e. The number of amides is 2. The van der Waals surface area contributed by atoms with E-state index in [4.69, 9.17) is 10.3 Å². The maximum absolute atomic E-state index is 12.4.